The minimum atomic E-state index is -0.787. The normalized spacial score (nSPS) is 21.2. The first-order valence-electron chi connectivity index (χ1n) is 12.8. The third-order valence-corrected chi connectivity index (χ3v) is 7.25. The Bertz CT molecular complexity index is 877. The molecular formula is C26H40N2O7S. The van der Waals surface area contributed by atoms with E-state index in [0.717, 1.165) is 11.3 Å². The molecule has 1 unspecified atom stereocenters. The summed E-state index contributed by atoms with van der Waals surface area (Å²) in [6.45, 7) is 10.7. The highest BCUT2D eigenvalue weighted by Gasteiger charge is 2.41. The van der Waals surface area contributed by atoms with Gasteiger partial charge < -0.3 is 23.8 Å². The number of carbonyl (C=O) groups is 3. The summed E-state index contributed by atoms with van der Waals surface area (Å²) in [5.41, 5.74) is -0.625. The van der Waals surface area contributed by atoms with Crippen molar-refractivity contribution in [3.05, 3.63) is 22.4 Å². The van der Waals surface area contributed by atoms with E-state index >= 15 is 0 Å². The van der Waals surface area contributed by atoms with Crippen LogP contribution in [0, 0.1) is 0 Å². The number of ether oxygens (including phenoxy) is 4. The van der Waals surface area contributed by atoms with Crippen LogP contribution < -0.4 is 5.32 Å². The van der Waals surface area contributed by atoms with E-state index in [1.54, 1.807) is 30.1 Å². The highest BCUT2D eigenvalue weighted by atomic mass is 32.1. The van der Waals surface area contributed by atoms with Crippen LogP contribution in [0.5, 0.6) is 0 Å². The number of rotatable bonds is 11. The zero-order chi connectivity index (χ0) is 26.3. The van der Waals surface area contributed by atoms with E-state index in [1.165, 1.54) is 0 Å². The topological polar surface area (TPSA) is 103 Å². The smallest absolute Gasteiger partial charge is 0.329 e. The van der Waals surface area contributed by atoms with Gasteiger partial charge >= 0.3 is 11.9 Å². The highest BCUT2D eigenvalue weighted by molar-refractivity contribution is 7.10. The average Bonchev–Trinajstić information content (AvgIpc) is 3.58. The van der Waals surface area contributed by atoms with Gasteiger partial charge in [-0.3, -0.25) is 14.9 Å². The first-order valence-corrected chi connectivity index (χ1v) is 13.7. The van der Waals surface area contributed by atoms with Crippen LogP contribution in [-0.2, 0) is 39.1 Å². The van der Waals surface area contributed by atoms with Crippen LogP contribution in [0.2, 0.25) is 0 Å². The van der Waals surface area contributed by atoms with Crippen molar-refractivity contribution < 1.29 is 33.3 Å². The predicted molar refractivity (Wildman–Crippen MR) is 135 cm³/mol. The summed E-state index contributed by atoms with van der Waals surface area (Å²) in [6.07, 6.45) is 2.96. The molecule has 0 aliphatic carbocycles. The van der Waals surface area contributed by atoms with Crippen LogP contribution >= 0.6 is 11.3 Å². The molecule has 1 aromatic rings. The molecule has 10 heteroatoms. The molecule has 36 heavy (non-hydrogen) atoms. The molecule has 0 saturated carbocycles. The van der Waals surface area contributed by atoms with E-state index < -0.39 is 41.5 Å². The molecule has 3 rings (SSSR count). The average molecular weight is 525 g/mol. The maximum Gasteiger partial charge on any atom is 0.329 e. The lowest BCUT2D eigenvalue weighted by Gasteiger charge is -2.31. The summed E-state index contributed by atoms with van der Waals surface area (Å²) in [7, 11) is 0. The van der Waals surface area contributed by atoms with Gasteiger partial charge in [0.25, 0.3) is 0 Å². The van der Waals surface area contributed by atoms with Crippen molar-refractivity contribution in [1.29, 1.82) is 0 Å². The van der Waals surface area contributed by atoms with Crippen molar-refractivity contribution in [1.82, 2.24) is 10.2 Å². The van der Waals surface area contributed by atoms with Crippen LogP contribution in [0.3, 0.4) is 0 Å². The number of nitrogens with zero attached hydrogens (tertiary/aromatic N) is 1. The van der Waals surface area contributed by atoms with E-state index in [4.69, 9.17) is 18.9 Å². The van der Waals surface area contributed by atoms with Crippen LogP contribution in [0.1, 0.15) is 71.6 Å². The molecular weight excluding hydrogens is 484 g/mol. The summed E-state index contributed by atoms with van der Waals surface area (Å²) >= 11 is 1.58. The van der Waals surface area contributed by atoms with Gasteiger partial charge in [-0.2, -0.15) is 0 Å². The Labute approximate surface area is 217 Å². The first-order chi connectivity index (χ1) is 17.1. The molecule has 202 valence electrons. The largest absolute Gasteiger partial charge is 0.465 e. The van der Waals surface area contributed by atoms with E-state index in [0.29, 0.717) is 45.4 Å². The van der Waals surface area contributed by atoms with Gasteiger partial charge in [0.05, 0.1) is 30.7 Å². The minimum absolute atomic E-state index is 0.227. The van der Waals surface area contributed by atoms with Crippen molar-refractivity contribution in [3.63, 3.8) is 0 Å². The van der Waals surface area contributed by atoms with E-state index in [2.05, 4.69) is 5.32 Å². The van der Waals surface area contributed by atoms with Crippen molar-refractivity contribution in [3.8, 4) is 0 Å². The fourth-order valence-electron chi connectivity index (χ4n) is 4.68. The van der Waals surface area contributed by atoms with Gasteiger partial charge in [-0.05, 0) is 71.7 Å². The number of carbonyl (C=O) groups excluding carboxylic acids is 3. The number of hydrogen-bond acceptors (Lipinski definition) is 9. The molecule has 1 aromatic heterocycles. The Hall–Kier alpha value is -2.01. The van der Waals surface area contributed by atoms with E-state index in [9.17, 15) is 14.4 Å². The molecule has 1 amide bonds. The number of thiophene rings is 1. The van der Waals surface area contributed by atoms with Crippen LogP contribution in [-0.4, -0.2) is 72.8 Å². The fraction of sp³-hybridized carbons (Fsp3) is 0.731. The Balaban J connectivity index is 1.62. The molecule has 0 spiro atoms. The van der Waals surface area contributed by atoms with Crippen LogP contribution in [0.4, 0.5) is 0 Å². The number of esters is 2. The van der Waals surface area contributed by atoms with E-state index in [-0.39, 0.29) is 12.5 Å². The molecule has 2 saturated heterocycles. The van der Waals surface area contributed by atoms with Crippen LogP contribution in [0.25, 0.3) is 0 Å². The quantitative estimate of drug-likeness (QED) is 0.440. The second kappa shape index (κ2) is 12.5. The maximum atomic E-state index is 13.3. The number of hydrogen-bond donors (Lipinski definition) is 1. The monoisotopic (exact) mass is 524 g/mol. The lowest BCUT2D eigenvalue weighted by molar-refractivity contribution is -0.170. The highest BCUT2D eigenvalue weighted by Crippen LogP contribution is 2.39. The van der Waals surface area contributed by atoms with Crippen molar-refractivity contribution in [2.24, 2.45) is 0 Å². The van der Waals surface area contributed by atoms with E-state index in [1.807, 2.05) is 38.3 Å². The lowest BCUT2D eigenvalue weighted by atomic mass is 10.0. The van der Waals surface area contributed by atoms with Crippen molar-refractivity contribution in [2.75, 3.05) is 26.4 Å². The van der Waals surface area contributed by atoms with Crippen LogP contribution in [0.15, 0.2) is 17.5 Å². The minimum Gasteiger partial charge on any atom is -0.465 e. The standard InChI is InChI=1S/C26H40N2O7S/c1-6-32-23(30)19(10-7-13-26(33-15-16-34-26)21-12-9-17-36-21)27-18(2)22(29)28-14-8-11-20(28)24(31)35-25(3,4)5/h9,12,17-20,27H,6-8,10-11,13-16H2,1-5H3/t18-,19?,20-/m0/s1. The molecule has 2 aliphatic heterocycles. The van der Waals surface area contributed by atoms with Gasteiger partial charge in [0.15, 0.2) is 0 Å². The Morgan fingerprint density at radius 2 is 2.00 bits per heavy atom. The predicted octanol–water partition coefficient (Wildman–Crippen LogP) is 3.36. The third-order valence-electron chi connectivity index (χ3n) is 6.26. The fourth-order valence-corrected chi connectivity index (χ4v) is 5.54. The van der Waals surface area contributed by atoms with Gasteiger partial charge in [-0.1, -0.05) is 6.07 Å². The molecule has 9 nitrogen and oxygen atoms in total. The number of amides is 1. The lowest BCUT2D eigenvalue weighted by Crippen LogP contribution is -2.53. The number of nitrogens with one attached hydrogen (secondary N) is 1. The zero-order valence-electron chi connectivity index (χ0n) is 22.0. The molecule has 0 radical (unpaired) electrons. The van der Waals surface area contributed by atoms with Crippen molar-refractivity contribution in [2.45, 2.75) is 96.2 Å². The molecule has 3 heterocycles. The molecule has 2 aliphatic rings. The molecule has 0 bridgehead atoms. The Morgan fingerprint density at radius 1 is 1.28 bits per heavy atom. The van der Waals surface area contributed by atoms with Gasteiger partial charge in [0.2, 0.25) is 11.7 Å². The van der Waals surface area contributed by atoms with Gasteiger partial charge in [0.1, 0.15) is 17.7 Å². The summed E-state index contributed by atoms with van der Waals surface area (Å²) < 4.78 is 22.8. The molecule has 3 atom stereocenters. The summed E-state index contributed by atoms with van der Waals surface area (Å²) in [6, 6.07) is 2.01. The maximum absolute atomic E-state index is 13.3. The third kappa shape index (κ3) is 7.27. The summed E-state index contributed by atoms with van der Waals surface area (Å²) in [5, 5.41) is 5.15. The Morgan fingerprint density at radius 3 is 2.61 bits per heavy atom. The second-order valence-electron chi connectivity index (χ2n) is 10.2. The Kier molecular flexibility index (Phi) is 9.91. The number of likely N-dealkylation sites (tertiary alicyclic amines) is 1. The molecule has 1 N–H and O–H groups in total. The van der Waals surface area contributed by atoms with Crippen molar-refractivity contribution >= 4 is 29.2 Å². The SMILES string of the molecule is CCOC(=O)C(CCCC1(c2cccs2)OCCO1)N[C@@H](C)C(=O)N1CCC[C@H]1C(=O)OC(C)(C)C. The van der Waals surface area contributed by atoms with Gasteiger partial charge in [0, 0.05) is 13.0 Å². The first kappa shape index (κ1) is 28.6. The molecule has 0 aromatic carbocycles. The zero-order valence-corrected chi connectivity index (χ0v) is 22.9. The second-order valence-corrected chi connectivity index (χ2v) is 11.2. The summed E-state index contributed by atoms with van der Waals surface area (Å²) in [4.78, 5) is 41.3. The van der Waals surface area contributed by atoms with Gasteiger partial charge in [-0.15, -0.1) is 11.3 Å². The molecule has 2 fully saturated rings. The summed E-state index contributed by atoms with van der Waals surface area (Å²) in [5.74, 6) is -1.81. The van der Waals surface area contributed by atoms with Gasteiger partial charge in [-0.25, -0.2) is 4.79 Å².